The van der Waals surface area contributed by atoms with Gasteiger partial charge in [0.15, 0.2) is 17.8 Å². The van der Waals surface area contributed by atoms with E-state index in [-0.39, 0.29) is 0 Å². The van der Waals surface area contributed by atoms with Crippen molar-refractivity contribution in [3.63, 3.8) is 0 Å². The van der Waals surface area contributed by atoms with Crippen molar-refractivity contribution in [1.29, 1.82) is 0 Å². The Hall–Kier alpha value is -2.23. The first-order chi connectivity index (χ1) is 8.78. The molecule has 0 aliphatic rings. The third kappa shape index (κ3) is 1.66. The van der Waals surface area contributed by atoms with Gasteiger partial charge in [-0.05, 0) is 0 Å². The summed E-state index contributed by atoms with van der Waals surface area (Å²) in [6, 6.07) is 7.55. The summed E-state index contributed by atoms with van der Waals surface area (Å²) in [7, 11) is 4.57. The first-order valence-corrected chi connectivity index (χ1v) is 5.44. The van der Waals surface area contributed by atoms with E-state index in [1.165, 1.54) is 14.2 Å². The molecule has 0 unspecified atom stereocenters. The Labute approximate surface area is 105 Å². The molecule has 0 bridgehead atoms. The Kier molecular flexibility index (Phi) is 3.37. The maximum Gasteiger partial charge on any atom is 0.175 e. The average molecular weight is 246 g/mol. The third-order valence-electron chi connectivity index (χ3n) is 2.84. The number of benzene rings is 2. The van der Waals surface area contributed by atoms with E-state index in [1.807, 2.05) is 24.3 Å². The zero-order valence-electron chi connectivity index (χ0n) is 10.5. The van der Waals surface area contributed by atoms with Gasteiger partial charge in [0.1, 0.15) is 11.3 Å². The molecule has 2 aromatic carbocycles. The molecule has 0 aromatic heterocycles. The molecule has 0 radical (unpaired) electrons. The first kappa shape index (κ1) is 12.2. The number of carbonyl (C=O) groups excluding carboxylic acids is 1. The molecule has 0 atom stereocenters. The molecule has 94 valence electrons. The van der Waals surface area contributed by atoms with Crippen LogP contribution in [0.1, 0.15) is 10.4 Å². The van der Waals surface area contributed by atoms with Gasteiger partial charge in [0, 0.05) is 10.8 Å². The minimum Gasteiger partial charge on any atom is -0.495 e. The van der Waals surface area contributed by atoms with Gasteiger partial charge in [-0.3, -0.25) is 4.79 Å². The van der Waals surface area contributed by atoms with Crippen molar-refractivity contribution in [2.24, 2.45) is 0 Å². The number of methoxy groups -OCH3 is 3. The summed E-state index contributed by atoms with van der Waals surface area (Å²) in [5.41, 5.74) is 0.357. The molecule has 0 fully saturated rings. The Bertz CT molecular complexity index is 590. The van der Waals surface area contributed by atoms with Gasteiger partial charge in [0.2, 0.25) is 0 Å². The molecule has 0 saturated carbocycles. The zero-order valence-corrected chi connectivity index (χ0v) is 10.5. The lowest BCUT2D eigenvalue weighted by Crippen LogP contribution is -2.00. The highest BCUT2D eigenvalue weighted by atomic mass is 16.5. The van der Waals surface area contributed by atoms with Crippen LogP contribution in [0.4, 0.5) is 0 Å². The zero-order chi connectivity index (χ0) is 13.1. The van der Waals surface area contributed by atoms with Crippen molar-refractivity contribution < 1.29 is 19.0 Å². The number of carbonyl (C=O) groups is 1. The van der Waals surface area contributed by atoms with Crippen molar-refractivity contribution >= 4 is 17.1 Å². The van der Waals surface area contributed by atoms with Crippen LogP contribution in [0.2, 0.25) is 0 Å². The summed E-state index contributed by atoms with van der Waals surface area (Å²) in [4.78, 5) is 11.3. The molecule has 2 rings (SSSR count). The SMILES string of the molecule is COc1c(C=O)c(OC)c2ccccc2c1OC. The lowest BCUT2D eigenvalue weighted by molar-refractivity contribution is 0.111. The Morgan fingerprint density at radius 3 is 1.78 bits per heavy atom. The minimum absolute atomic E-state index is 0.357. The fourth-order valence-electron chi connectivity index (χ4n) is 2.10. The highest BCUT2D eigenvalue weighted by Crippen LogP contribution is 2.44. The highest BCUT2D eigenvalue weighted by molar-refractivity contribution is 6.03. The Morgan fingerprint density at radius 1 is 0.833 bits per heavy atom. The molecule has 4 nitrogen and oxygen atoms in total. The molecule has 0 amide bonds. The summed E-state index contributed by atoms with van der Waals surface area (Å²) >= 11 is 0. The fraction of sp³-hybridized carbons (Fsp3) is 0.214. The first-order valence-electron chi connectivity index (χ1n) is 5.44. The molecule has 18 heavy (non-hydrogen) atoms. The van der Waals surface area contributed by atoms with E-state index in [0.717, 1.165) is 10.8 Å². The Balaban J connectivity index is 2.99. The molecule has 4 heteroatoms. The van der Waals surface area contributed by atoms with Crippen LogP contribution in [0.3, 0.4) is 0 Å². The van der Waals surface area contributed by atoms with E-state index in [0.29, 0.717) is 29.1 Å². The number of aldehydes is 1. The molecular formula is C14H14O4. The topological polar surface area (TPSA) is 44.8 Å². The summed E-state index contributed by atoms with van der Waals surface area (Å²) in [5.74, 6) is 1.43. The maximum absolute atomic E-state index is 11.3. The second kappa shape index (κ2) is 4.96. The smallest absolute Gasteiger partial charge is 0.175 e. The van der Waals surface area contributed by atoms with E-state index in [9.17, 15) is 4.79 Å². The van der Waals surface area contributed by atoms with E-state index in [2.05, 4.69) is 0 Å². The average Bonchev–Trinajstić information content (AvgIpc) is 2.44. The number of hydrogen-bond acceptors (Lipinski definition) is 4. The maximum atomic E-state index is 11.3. The van der Waals surface area contributed by atoms with Gasteiger partial charge in [0.25, 0.3) is 0 Å². The standard InChI is InChI=1S/C14H14O4/c1-16-12-9-6-4-5-7-10(9)13(17-2)14(18-3)11(12)8-15/h4-8H,1-3H3. The molecule has 0 aliphatic heterocycles. The number of ether oxygens (including phenoxy) is 3. The van der Waals surface area contributed by atoms with Crippen molar-refractivity contribution in [2.75, 3.05) is 21.3 Å². The van der Waals surface area contributed by atoms with Crippen LogP contribution in [-0.2, 0) is 0 Å². The van der Waals surface area contributed by atoms with Gasteiger partial charge in [-0.15, -0.1) is 0 Å². The predicted octanol–water partition coefficient (Wildman–Crippen LogP) is 2.68. The van der Waals surface area contributed by atoms with Crippen LogP contribution >= 0.6 is 0 Å². The van der Waals surface area contributed by atoms with Crippen molar-refractivity contribution in [3.05, 3.63) is 29.8 Å². The summed E-state index contributed by atoms with van der Waals surface area (Å²) in [5, 5.41) is 1.67. The summed E-state index contributed by atoms with van der Waals surface area (Å²) in [6.45, 7) is 0. The van der Waals surface area contributed by atoms with Crippen LogP contribution in [0.15, 0.2) is 24.3 Å². The molecule has 2 aromatic rings. The van der Waals surface area contributed by atoms with E-state index in [4.69, 9.17) is 14.2 Å². The molecule has 0 spiro atoms. The summed E-state index contributed by atoms with van der Waals surface area (Å²) in [6.07, 6.45) is 0.715. The summed E-state index contributed by atoms with van der Waals surface area (Å²) < 4.78 is 15.9. The lowest BCUT2D eigenvalue weighted by Gasteiger charge is -2.16. The predicted molar refractivity (Wildman–Crippen MR) is 69.0 cm³/mol. The van der Waals surface area contributed by atoms with Gasteiger partial charge < -0.3 is 14.2 Å². The van der Waals surface area contributed by atoms with Crippen LogP contribution in [0.5, 0.6) is 17.2 Å². The molecule has 0 saturated heterocycles. The van der Waals surface area contributed by atoms with Gasteiger partial charge in [-0.1, -0.05) is 24.3 Å². The normalized spacial score (nSPS) is 10.2. The number of fused-ring (bicyclic) bond motifs is 1. The van der Waals surface area contributed by atoms with Gasteiger partial charge in [-0.25, -0.2) is 0 Å². The molecule has 0 aliphatic carbocycles. The van der Waals surface area contributed by atoms with E-state index < -0.39 is 0 Å². The van der Waals surface area contributed by atoms with Crippen LogP contribution in [0.25, 0.3) is 10.8 Å². The quantitative estimate of drug-likeness (QED) is 0.778. The van der Waals surface area contributed by atoms with E-state index in [1.54, 1.807) is 7.11 Å². The number of hydrogen-bond donors (Lipinski definition) is 0. The van der Waals surface area contributed by atoms with Crippen LogP contribution in [0, 0.1) is 0 Å². The van der Waals surface area contributed by atoms with Gasteiger partial charge >= 0.3 is 0 Å². The second-order valence-electron chi connectivity index (χ2n) is 3.68. The van der Waals surface area contributed by atoms with Crippen molar-refractivity contribution in [1.82, 2.24) is 0 Å². The van der Waals surface area contributed by atoms with Crippen LogP contribution < -0.4 is 14.2 Å². The largest absolute Gasteiger partial charge is 0.495 e. The van der Waals surface area contributed by atoms with Crippen molar-refractivity contribution in [3.8, 4) is 17.2 Å². The monoisotopic (exact) mass is 246 g/mol. The second-order valence-corrected chi connectivity index (χ2v) is 3.68. The number of rotatable bonds is 4. The molecule has 0 heterocycles. The van der Waals surface area contributed by atoms with Gasteiger partial charge in [-0.2, -0.15) is 0 Å². The minimum atomic E-state index is 0.357. The third-order valence-corrected chi connectivity index (χ3v) is 2.84. The van der Waals surface area contributed by atoms with Gasteiger partial charge in [0.05, 0.1) is 21.3 Å². The van der Waals surface area contributed by atoms with E-state index >= 15 is 0 Å². The fourth-order valence-corrected chi connectivity index (χ4v) is 2.10. The van der Waals surface area contributed by atoms with Crippen LogP contribution in [-0.4, -0.2) is 27.6 Å². The lowest BCUT2D eigenvalue weighted by atomic mass is 10.0. The highest BCUT2D eigenvalue weighted by Gasteiger charge is 2.20. The van der Waals surface area contributed by atoms with Crippen molar-refractivity contribution in [2.45, 2.75) is 0 Å². The Morgan fingerprint density at radius 2 is 1.33 bits per heavy atom. The molecule has 0 N–H and O–H groups in total. The molecular weight excluding hydrogens is 232 g/mol.